The van der Waals surface area contributed by atoms with Gasteiger partial charge < -0.3 is 15.7 Å². The molecule has 0 amide bonds. The van der Waals surface area contributed by atoms with Crippen LogP contribution < -0.4 is 10.6 Å². The predicted molar refractivity (Wildman–Crippen MR) is 102 cm³/mol. The van der Waals surface area contributed by atoms with Crippen molar-refractivity contribution in [2.75, 3.05) is 23.8 Å². The number of anilines is 3. The molecule has 6 nitrogen and oxygen atoms in total. The van der Waals surface area contributed by atoms with Gasteiger partial charge in [-0.2, -0.15) is 10.2 Å². The molecule has 6 heteroatoms. The van der Waals surface area contributed by atoms with E-state index in [9.17, 15) is 5.26 Å². The van der Waals surface area contributed by atoms with Gasteiger partial charge in [0.2, 0.25) is 5.95 Å². The molecule has 2 aromatic carbocycles. The summed E-state index contributed by atoms with van der Waals surface area (Å²) in [5.41, 5.74) is 2.97. The lowest BCUT2D eigenvalue weighted by Gasteiger charge is -2.12. The van der Waals surface area contributed by atoms with E-state index in [1.807, 2.05) is 54.6 Å². The molecule has 26 heavy (non-hydrogen) atoms. The number of nitrogens with one attached hydrogen (secondary N) is 2. The summed E-state index contributed by atoms with van der Waals surface area (Å²) in [5.74, 6) is 1.06. The summed E-state index contributed by atoms with van der Waals surface area (Å²) in [6.45, 7) is 0.676. The van der Waals surface area contributed by atoms with Gasteiger partial charge in [0.15, 0.2) is 0 Å². The number of aromatic nitrogens is 2. The van der Waals surface area contributed by atoms with Gasteiger partial charge in [0.1, 0.15) is 11.9 Å². The minimum Gasteiger partial charge on any atom is -0.396 e. The molecule has 3 N–H and O–H groups in total. The number of aliphatic hydroxyl groups excluding tert-OH is 1. The summed E-state index contributed by atoms with van der Waals surface area (Å²) < 4.78 is 0. The van der Waals surface area contributed by atoms with Crippen LogP contribution >= 0.6 is 0 Å². The van der Waals surface area contributed by atoms with Crippen molar-refractivity contribution in [1.82, 2.24) is 9.97 Å². The third-order valence-electron chi connectivity index (χ3n) is 3.72. The molecule has 3 rings (SSSR count). The van der Waals surface area contributed by atoms with Gasteiger partial charge >= 0.3 is 0 Å². The lowest BCUT2D eigenvalue weighted by molar-refractivity contribution is 0.292. The third-order valence-corrected chi connectivity index (χ3v) is 3.72. The molecule has 3 aromatic rings. The average Bonchev–Trinajstić information content (AvgIpc) is 2.69. The molecule has 1 aromatic heterocycles. The Morgan fingerprint density at radius 3 is 2.54 bits per heavy atom. The molecule has 0 spiro atoms. The average molecular weight is 345 g/mol. The van der Waals surface area contributed by atoms with Gasteiger partial charge in [-0.1, -0.05) is 42.5 Å². The van der Waals surface area contributed by atoms with Gasteiger partial charge in [-0.25, -0.2) is 4.98 Å². The van der Waals surface area contributed by atoms with Crippen molar-refractivity contribution >= 4 is 17.5 Å². The Morgan fingerprint density at radius 1 is 1.00 bits per heavy atom. The first-order valence-electron chi connectivity index (χ1n) is 8.35. The van der Waals surface area contributed by atoms with E-state index in [1.54, 1.807) is 6.07 Å². The Bertz CT molecular complexity index is 906. The molecule has 0 radical (unpaired) electrons. The maximum Gasteiger partial charge on any atom is 0.225 e. The van der Waals surface area contributed by atoms with Crippen molar-refractivity contribution in [3.8, 4) is 17.3 Å². The molecule has 0 saturated carbocycles. The van der Waals surface area contributed by atoms with Gasteiger partial charge in [-0.3, -0.25) is 0 Å². The fraction of sp³-hybridized carbons (Fsp3) is 0.150. The molecule has 0 saturated heterocycles. The highest BCUT2D eigenvalue weighted by molar-refractivity contribution is 5.69. The molecule has 0 aliphatic carbocycles. The number of hydrogen-bond donors (Lipinski definition) is 3. The van der Waals surface area contributed by atoms with Crippen molar-refractivity contribution < 1.29 is 5.11 Å². The summed E-state index contributed by atoms with van der Waals surface area (Å²) in [6.07, 6.45) is 0.610. The van der Waals surface area contributed by atoms with Gasteiger partial charge in [0.05, 0.1) is 16.9 Å². The van der Waals surface area contributed by atoms with Crippen LogP contribution in [0.2, 0.25) is 0 Å². The van der Waals surface area contributed by atoms with E-state index in [0.29, 0.717) is 36.0 Å². The van der Waals surface area contributed by atoms with E-state index in [1.165, 1.54) is 0 Å². The van der Waals surface area contributed by atoms with E-state index >= 15 is 0 Å². The van der Waals surface area contributed by atoms with Crippen LogP contribution in [0.5, 0.6) is 0 Å². The van der Waals surface area contributed by atoms with Gasteiger partial charge in [-0.15, -0.1) is 0 Å². The first-order valence-corrected chi connectivity index (χ1v) is 8.35. The van der Waals surface area contributed by atoms with Crippen LogP contribution in [0.3, 0.4) is 0 Å². The molecule has 0 unspecified atom stereocenters. The highest BCUT2D eigenvalue weighted by Crippen LogP contribution is 2.25. The normalized spacial score (nSPS) is 10.2. The number of nitrogens with zero attached hydrogens (tertiary/aromatic N) is 3. The third kappa shape index (κ3) is 4.35. The minimum atomic E-state index is 0.103. The molecule has 1 heterocycles. The van der Waals surface area contributed by atoms with Gasteiger partial charge in [0, 0.05) is 24.8 Å². The molecule has 0 fully saturated rings. The minimum absolute atomic E-state index is 0.103. The predicted octanol–water partition coefficient (Wildman–Crippen LogP) is 3.55. The van der Waals surface area contributed by atoms with Crippen molar-refractivity contribution in [2.24, 2.45) is 0 Å². The number of para-hydroxylation sites is 1. The second kappa shape index (κ2) is 8.60. The highest BCUT2D eigenvalue weighted by atomic mass is 16.3. The Balaban J connectivity index is 1.95. The Morgan fingerprint density at radius 2 is 1.77 bits per heavy atom. The summed E-state index contributed by atoms with van der Waals surface area (Å²) in [7, 11) is 0. The SMILES string of the molecule is N#Cc1ccccc1Nc1cc(-c2ccccc2)nc(NCCCO)n1. The molecule has 0 aliphatic rings. The number of rotatable bonds is 7. The molecular formula is C20H19N5O. The fourth-order valence-electron chi connectivity index (χ4n) is 2.45. The first kappa shape index (κ1) is 17.4. The Kier molecular flexibility index (Phi) is 5.76. The monoisotopic (exact) mass is 345 g/mol. The van der Waals surface area contributed by atoms with Crippen LogP contribution in [0.15, 0.2) is 60.7 Å². The largest absolute Gasteiger partial charge is 0.396 e. The first-order chi connectivity index (χ1) is 12.8. The molecule has 130 valence electrons. The summed E-state index contributed by atoms with van der Waals surface area (Å²) in [5, 5.41) is 24.6. The lowest BCUT2D eigenvalue weighted by atomic mass is 10.1. The van der Waals surface area contributed by atoms with Crippen molar-refractivity contribution in [2.45, 2.75) is 6.42 Å². The zero-order valence-corrected chi connectivity index (χ0v) is 14.2. The lowest BCUT2D eigenvalue weighted by Crippen LogP contribution is -2.09. The van der Waals surface area contributed by atoms with E-state index in [2.05, 4.69) is 26.7 Å². The van der Waals surface area contributed by atoms with Gasteiger partial charge in [0.25, 0.3) is 0 Å². The second-order valence-corrected chi connectivity index (χ2v) is 5.61. The Hall–Kier alpha value is -3.43. The van der Waals surface area contributed by atoms with E-state index in [4.69, 9.17) is 5.11 Å². The van der Waals surface area contributed by atoms with Crippen LogP contribution in [-0.2, 0) is 0 Å². The van der Waals surface area contributed by atoms with Crippen molar-refractivity contribution in [1.29, 1.82) is 5.26 Å². The molecule has 0 aliphatic heterocycles. The quantitative estimate of drug-likeness (QED) is 0.567. The standard InChI is InChI=1S/C20H19N5O/c21-14-16-9-4-5-10-17(16)23-19-13-18(15-7-2-1-3-8-15)24-20(25-19)22-11-6-12-26/h1-5,7-10,13,26H,6,11-12H2,(H2,22,23,24,25). The number of aliphatic hydroxyl groups is 1. The Labute approximate surface area is 152 Å². The highest BCUT2D eigenvalue weighted by Gasteiger charge is 2.08. The van der Waals surface area contributed by atoms with E-state index in [-0.39, 0.29) is 6.61 Å². The van der Waals surface area contributed by atoms with Crippen LogP contribution in [0.25, 0.3) is 11.3 Å². The molecular weight excluding hydrogens is 326 g/mol. The maximum atomic E-state index is 9.27. The smallest absolute Gasteiger partial charge is 0.225 e. The van der Waals surface area contributed by atoms with Crippen molar-refractivity contribution in [3.63, 3.8) is 0 Å². The van der Waals surface area contributed by atoms with Crippen molar-refractivity contribution in [3.05, 3.63) is 66.2 Å². The zero-order valence-electron chi connectivity index (χ0n) is 14.2. The summed E-state index contributed by atoms with van der Waals surface area (Å²) in [6, 6.07) is 21.1. The maximum absolute atomic E-state index is 9.27. The van der Waals surface area contributed by atoms with Crippen LogP contribution in [-0.4, -0.2) is 28.2 Å². The van der Waals surface area contributed by atoms with E-state index < -0.39 is 0 Å². The topological polar surface area (TPSA) is 93.9 Å². The summed E-state index contributed by atoms with van der Waals surface area (Å²) in [4.78, 5) is 9.03. The van der Waals surface area contributed by atoms with E-state index in [0.717, 1.165) is 11.3 Å². The van der Waals surface area contributed by atoms with Crippen LogP contribution in [0.1, 0.15) is 12.0 Å². The van der Waals surface area contributed by atoms with Crippen LogP contribution in [0, 0.1) is 11.3 Å². The zero-order chi connectivity index (χ0) is 18.2. The number of hydrogen-bond acceptors (Lipinski definition) is 6. The fourth-order valence-corrected chi connectivity index (χ4v) is 2.45. The van der Waals surface area contributed by atoms with Crippen LogP contribution in [0.4, 0.5) is 17.5 Å². The molecule has 0 bridgehead atoms. The molecule has 0 atom stereocenters. The number of nitriles is 1. The summed E-state index contributed by atoms with van der Waals surface area (Å²) >= 11 is 0. The number of benzene rings is 2. The second-order valence-electron chi connectivity index (χ2n) is 5.61. The van der Waals surface area contributed by atoms with Gasteiger partial charge in [-0.05, 0) is 18.6 Å².